The van der Waals surface area contributed by atoms with Crippen molar-refractivity contribution >= 4 is 24.6 Å². The summed E-state index contributed by atoms with van der Waals surface area (Å²) in [5.74, 6) is 3.28. The van der Waals surface area contributed by atoms with E-state index in [1.165, 1.54) is 0 Å². The molecule has 0 N–H and O–H groups in total. The molecule has 10 aromatic rings. The molecule has 3 aliphatic rings. The monoisotopic (exact) mass is 1260 g/mol. The Kier molecular flexibility index (Phi) is 19.0. The van der Waals surface area contributed by atoms with Crippen LogP contribution in [-0.4, -0.2) is 89.2 Å². The van der Waals surface area contributed by atoms with Crippen molar-refractivity contribution in [3.63, 3.8) is 0 Å². The molecule has 14 nitrogen and oxygen atoms in total. The first-order valence-electron chi connectivity index (χ1n) is 31.1. The van der Waals surface area contributed by atoms with Crippen LogP contribution in [0.15, 0.2) is 255 Å². The van der Waals surface area contributed by atoms with Gasteiger partial charge in [0.1, 0.15) is 97.3 Å². The van der Waals surface area contributed by atoms with Gasteiger partial charge in [0.25, 0.3) is 7.37 Å². The maximum Gasteiger partial charge on any atom is 0.338 e. The zero-order chi connectivity index (χ0) is 63.4. The summed E-state index contributed by atoms with van der Waals surface area (Å²) in [6, 6.07) is 79.6. The van der Waals surface area contributed by atoms with Crippen LogP contribution in [0.3, 0.4) is 0 Å². The molecule has 3 heterocycles. The number of carbonyl (C=O) groups is 2. The second-order valence-electron chi connectivity index (χ2n) is 23.3. The number of rotatable bonds is 29. The molecule has 93 heavy (non-hydrogen) atoms. The number of carbonyl (C=O) groups excluding carboxylic acids is 2. The van der Waals surface area contributed by atoms with Gasteiger partial charge in [-0.25, -0.2) is 9.59 Å². The van der Waals surface area contributed by atoms with Gasteiger partial charge in [0.05, 0.1) is 29.6 Å². The molecule has 10 aromatic carbocycles. The van der Waals surface area contributed by atoms with Gasteiger partial charge in [-0.15, -0.1) is 0 Å². The second kappa shape index (κ2) is 28.6. The summed E-state index contributed by atoms with van der Waals surface area (Å²) in [7, 11) is -3.96. The molecule has 0 bridgehead atoms. The molecule has 2 fully saturated rings. The van der Waals surface area contributed by atoms with Crippen LogP contribution in [0, 0.1) is 0 Å². The van der Waals surface area contributed by atoms with Crippen molar-refractivity contribution < 1.29 is 66.0 Å². The molecule has 0 aromatic heterocycles. The Morgan fingerprint density at radius 1 is 0.409 bits per heavy atom. The third-order valence-electron chi connectivity index (χ3n) is 16.5. The number of benzene rings is 10. The van der Waals surface area contributed by atoms with Crippen LogP contribution in [0.5, 0.6) is 40.2 Å². The summed E-state index contributed by atoms with van der Waals surface area (Å²) >= 11 is 0. The molecule has 0 amide bonds. The van der Waals surface area contributed by atoms with Crippen molar-refractivity contribution in [3.8, 4) is 51.4 Å². The number of ether oxygens (including phenoxy) is 10. The largest absolute Gasteiger partial charge is 0.491 e. The van der Waals surface area contributed by atoms with Crippen molar-refractivity contribution in [2.45, 2.75) is 49.3 Å². The number of hydrogen-bond acceptors (Lipinski definition) is 14. The Morgan fingerprint density at radius 3 is 1.11 bits per heavy atom. The molecular weight excluding hydrogens is 1190 g/mol. The molecule has 0 aliphatic carbocycles. The highest BCUT2D eigenvalue weighted by Crippen LogP contribution is 2.69. The average molecular weight is 1260 g/mol. The standard InChI is InChI=1S/C78H69O14P/c1-78(93(81)75-19-11-9-17-73(75)72-16-8-10-18-74(72)92-93,60-28-40-66(41-29-60)86-52-70(90-76(79)58-12-4-2-5-13-58)50-84-64-36-24-56(25-37-64)44-54-20-32-62(33-21-54)82-46-68-48-88-68)61-30-42-67(43-31-61)87-53-71(91-77(80)59-14-6-3-7-15-59)51-85-65-38-26-57(27-39-65)45-55-22-34-63(35-23-55)83-47-69-49-89-69/h2-43,68-71H,44-53H2,1H3. The number of hydrogen-bond donors (Lipinski definition) is 0. The Morgan fingerprint density at radius 2 is 0.731 bits per heavy atom. The fraction of sp³-hybridized carbons (Fsp3) is 0.205. The molecule has 5 unspecified atom stereocenters. The van der Waals surface area contributed by atoms with Crippen LogP contribution in [0.25, 0.3) is 11.1 Å². The van der Waals surface area contributed by atoms with Gasteiger partial charge >= 0.3 is 11.9 Å². The first kappa shape index (κ1) is 61.7. The lowest BCUT2D eigenvalue weighted by Crippen LogP contribution is -2.34. The van der Waals surface area contributed by atoms with Crippen LogP contribution in [0.4, 0.5) is 0 Å². The van der Waals surface area contributed by atoms with E-state index in [1.807, 2.05) is 189 Å². The number of fused-ring (bicyclic) bond motifs is 3. The van der Waals surface area contributed by atoms with E-state index in [2.05, 4.69) is 24.3 Å². The lowest BCUT2D eigenvalue weighted by atomic mass is 9.92. The fourth-order valence-corrected chi connectivity index (χ4v) is 14.0. The zero-order valence-corrected chi connectivity index (χ0v) is 52.2. The SMILES string of the molecule is CC(c1ccc(OCC(COc2ccc(Cc3ccc(OCC4CO4)cc3)cc2)OC(=O)c2ccccc2)cc1)(c1ccc(OCC(COc2ccc(Cc3ccc(OCC4CO4)cc3)cc2)OC(=O)c2ccccc2)cc1)P1(=O)Oc2ccccc2-c2ccccc21. The van der Waals surface area contributed by atoms with Crippen LogP contribution in [0.1, 0.15) is 61.0 Å². The van der Waals surface area contributed by atoms with E-state index in [-0.39, 0.29) is 38.6 Å². The Labute approximate surface area is 540 Å². The van der Waals surface area contributed by atoms with Gasteiger partial charge in [0.15, 0.2) is 12.2 Å². The maximum absolute atomic E-state index is 16.5. The van der Waals surface area contributed by atoms with Gasteiger partial charge in [-0.2, -0.15) is 0 Å². The summed E-state index contributed by atoms with van der Waals surface area (Å²) in [5.41, 5.74) is 8.30. The van der Waals surface area contributed by atoms with E-state index < -0.39 is 36.7 Å². The lowest BCUT2D eigenvalue weighted by Gasteiger charge is -2.41. The molecule has 3 aliphatic heterocycles. The Bertz CT molecular complexity index is 3950. The number of para-hydroxylation sites is 1. The second-order valence-corrected chi connectivity index (χ2v) is 25.9. The van der Waals surface area contributed by atoms with Crippen molar-refractivity contribution in [2.75, 3.05) is 52.9 Å². The number of epoxide rings is 2. The van der Waals surface area contributed by atoms with Crippen molar-refractivity contribution in [1.29, 1.82) is 0 Å². The molecule has 15 heteroatoms. The van der Waals surface area contributed by atoms with E-state index in [9.17, 15) is 9.59 Å². The van der Waals surface area contributed by atoms with Crippen LogP contribution < -0.4 is 38.2 Å². The highest BCUT2D eigenvalue weighted by atomic mass is 31.2. The first-order chi connectivity index (χ1) is 45.6. The van der Waals surface area contributed by atoms with E-state index >= 15 is 4.57 Å². The van der Waals surface area contributed by atoms with E-state index in [0.717, 1.165) is 70.9 Å². The minimum Gasteiger partial charge on any atom is -0.491 e. The average Bonchev–Trinajstić information content (AvgIpc) is 1.65. The predicted molar refractivity (Wildman–Crippen MR) is 354 cm³/mol. The predicted octanol–water partition coefficient (Wildman–Crippen LogP) is 14.7. The molecule has 13 rings (SSSR count). The van der Waals surface area contributed by atoms with Crippen molar-refractivity contribution in [1.82, 2.24) is 0 Å². The molecular formula is C78H69O14P. The smallest absolute Gasteiger partial charge is 0.338 e. The Hall–Kier alpha value is -10.1. The molecule has 0 spiro atoms. The normalized spacial score (nSPS) is 17.1. The number of esters is 2. The van der Waals surface area contributed by atoms with Crippen molar-refractivity contribution in [2.24, 2.45) is 0 Å². The van der Waals surface area contributed by atoms with E-state index in [4.69, 9.17) is 51.9 Å². The van der Waals surface area contributed by atoms with Crippen LogP contribution in [-0.2, 0) is 41.5 Å². The third kappa shape index (κ3) is 15.5. The van der Waals surface area contributed by atoms with E-state index in [0.29, 0.717) is 69.5 Å². The van der Waals surface area contributed by atoms with Crippen molar-refractivity contribution in [3.05, 3.63) is 299 Å². The summed E-state index contributed by atoms with van der Waals surface area (Å²) < 4.78 is 83.0. The van der Waals surface area contributed by atoms with Gasteiger partial charge in [-0.05, 0) is 168 Å². The maximum atomic E-state index is 16.5. The summed E-state index contributed by atoms with van der Waals surface area (Å²) in [5, 5.41) is -0.730. The molecule has 470 valence electrons. The zero-order valence-electron chi connectivity index (χ0n) is 51.3. The van der Waals surface area contributed by atoms with Gasteiger partial charge in [-0.3, -0.25) is 4.57 Å². The first-order valence-corrected chi connectivity index (χ1v) is 32.8. The summed E-state index contributed by atoms with van der Waals surface area (Å²) in [4.78, 5) is 27.1. The van der Waals surface area contributed by atoms with Crippen LogP contribution >= 0.6 is 7.37 Å². The van der Waals surface area contributed by atoms with Gasteiger partial charge < -0.3 is 51.9 Å². The molecule has 2 saturated heterocycles. The van der Waals surface area contributed by atoms with Gasteiger partial charge in [0, 0.05) is 5.56 Å². The van der Waals surface area contributed by atoms with Gasteiger partial charge in [-0.1, -0.05) is 146 Å². The topological polar surface area (TPSA) is 159 Å². The minimum atomic E-state index is -3.96. The minimum absolute atomic E-state index is 0.0100. The molecule has 5 atom stereocenters. The fourth-order valence-electron chi connectivity index (χ4n) is 11.1. The molecule has 0 radical (unpaired) electrons. The summed E-state index contributed by atoms with van der Waals surface area (Å²) in [6.45, 7) is 4.50. The third-order valence-corrected chi connectivity index (χ3v) is 19.7. The quantitative estimate of drug-likeness (QED) is 0.0247. The highest BCUT2D eigenvalue weighted by Gasteiger charge is 2.54. The van der Waals surface area contributed by atoms with Crippen LogP contribution in [0.2, 0.25) is 0 Å². The van der Waals surface area contributed by atoms with E-state index in [1.54, 1.807) is 48.5 Å². The lowest BCUT2D eigenvalue weighted by molar-refractivity contribution is 0.00213. The molecule has 0 saturated carbocycles. The highest BCUT2D eigenvalue weighted by molar-refractivity contribution is 7.69. The Balaban J connectivity index is 0.708. The van der Waals surface area contributed by atoms with Gasteiger partial charge in [0.2, 0.25) is 0 Å². The summed E-state index contributed by atoms with van der Waals surface area (Å²) in [6.07, 6.45) is 0.206.